The van der Waals surface area contributed by atoms with Gasteiger partial charge in [-0.1, -0.05) is 17.8 Å². The van der Waals surface area contributed by atoms with Crippen LogP contribution >= 0.6 is 11.8 Å². The van der Waals surface area contributed by atoms with E-state index in [2.05, 4.69) is 10.3 Å². The number of ether oxygens (including phenoxy) is 2. The van der Waals surface area contributed by atoms with E-state index in [0.29, 0.717) is 35.3 Å². The summed E-state index contributed by atoms with van der Waals surface area (Å²) in [4.78, 5) is 18.1. The lowest BCUT2D eigenvalue weighted by atomic mass is 10.1. The summed E-state index contributed by atoms with van der Waals surface area (Å²) >= 11 is 1.38. The lowest BCUT2D eigenvalue weighted by Gasteiger charge is -2.24. The molecule has 4 rings (SSSR count). The third kappa shape index (κ3) is 3.26. The average molecular weight is 408 g/mol. The molecule has 0 saturated carbocycles. The smallest absolute Gasteiger partial charge is 0.351 e. The molecule has 3 heterocycles. The van der Waals surface area contributed by atoms with Crippen molar-refractivity contribution in [1.29, 1.82) is 0 Å². The molecule has 1 aromatic carbocycles. The van der Waals surface area contributed by atoms with E-state index in [1.165, 1.54) is 18.0 Å². The minimum absolute atomic E-state index is 0.356. The number of rotatable bonds is 5. The second kappa shape index (κ2) is 7.70. The molecule has 2 aliphatic rings. The van der Waals surface area contributed by atoms with Crippen LogP contribution in [0.15, 0.2) is 39.0 Å². The van der Waals surface area contributed by atoms with Gasteiger partial charge in [-0.15, -0.1) is 0 Å². The summed E-state index contributed by atoms with van der Waals surface area (Å²) in [7, 11) is 0. The normalized spacial score (nSPS) is 25.7. The monoisotopic (exact) mass is 408 g/mol. The van der Waals surface area contributed by atoms with E-state index in [4.69, 9.17) is 15.2 Å². The number of para-hydroxylation sites is 1. The summed E-state index contributed by atoms with van der Waals surface area (Å²) in [5.74, 6) is 0.963. The van der Waals surface area contributed by atoms with Crippen molar-refractivity contribution in [1.82, 2.24) is 9.55 Å². The van der Waals surface area contributed by atoms with Crippen LogP contribution < -0.4 is 21.5 Å². The predicted octanol–water partition coefficient (Wildman–Crippen LogP) is -0.599. The van der Waals surface area contributed by atoms with Gasteiger partial charge in [0.25, 0.3) is 0 Å². The van der Waals surface area contributed by atoms with Gasteiger partial charge in [-0.05, 0) is 12.1 Å². The summed E-state index contributed by atoms with van der Waals surface area (Å²) in [5.41, 5.74) is 5.53. The molecule has 0 amide bonds. The van der Waals surface area contributed by atoms with Gasteiger partial charge >= 0.3 is 5.69 Å². The summed E-state index contributed by atoms with van der Waals surface area (Å²) in [5, 5.41) is 32.5. The Morgan fingerprint density at radius 3 is 2.86 bits per heavy atom. The van der Waals surface area contributed by atoms with Crippen LogP contribution in [0.3, 0.4) is 0 Å². The van der Waals surface area contributed by atoms with Crippen molar-refractivity contribution < 1.29 is 24.8 Å². The van der Waals surface area contributed by atoms with Crippen molar-refractivity contribution in [2.24, 2.45) is 5.73 Å². The highest BCUT2D eigenvalue weighted by Crippen LogP contribution is 2.47. The van der Waals surface area contributed by atoms with Gasteiger partial charge in [0.1, 0.15) is 30.7 Å². The number of fused-ring (bicyclic) bond motifs is 2. The fraction of sp³-hybridized carbons (Fsp3) is 0.412. The molecular formula is C17H20N4O6S. The van der Waals surface area contributed by atoms with Gasteiger partial charge in [0.2, 0.25) is 0 Å². The molecule has 2 aromatic rings. The Kier molecular flexibility index (Phi) is 5.27. The first-order valence-electron chi connectivity index (χ1n) is 8.70. The van der Waals surface area contributed by atoms with E-state index < -0.39 is 36.8 Å². The fourth-order valence-electron chi connectivity index (χ4n) is 3.15. The van der Waals surface area contributed by atoms with Crippen LogP contribution in [0.2, 0.25) is 0 Å². The molecule has 1 fully saturated rings. The molecular weight excluding hydrogens is 388 g/mol. The highest BCUT2D eigenvalue weighted by atomic mass is 32.2. The molecule has 1 aromatic heterocycles. The zero-order chi connectivity index (χ0) is 19.8. The first kappa shape index (κ1) is 19.2. The van der Waals surface area contributed by atoms with E-state index in [1.54, 1.807) is 6.07 Å². The fourth-order valence-corrected chi connectivity index (χ4v) is 4.15. The Morgan fingerprint density at radius 2 is 2.14 bits per heavy atom. The molecule has 0 radical (unpaired) electrons. The van der Waals surface area contributed by atoms with Crippen LogP contribution in [0, 0.1) is 0 Å². The third-order valence-electron chi connectivity index (χ3n) is 4.54. The van der Waals surface area contributed by atoms with E-state index in [-0.39, 0.29) is 0 Å². The van der Waals surface area contributed by atoms with Gasteiger partial charge in [0.05, 0.1) is 17.2 Å². The van der Waals surface area contributed by atoms with Gasteiger partial charge in [0, 0.05) is 17.6 Å². The van der Waals surface area contributed by atoms with Crippen molar-refractivity contribution >= 4 is 23.3 Å². The first-order valence-corrected chi connectivity index (χ1v) is 9.51. The van der Waals surface area contributed by atoms with E-state index in [9.17, 15) is 20.1 Å². The number of aliphatic hydroxyl groups excluding tert-OH is 3. The van der Waals surface area contributed by atoms with Gasteiger partial charge in [-0.2, -0.15) is 4.98 Å². The Bertz CT molecular complexity index is 938. The maximum Gasteiger partial charge on any atom is 0.351 e. The topological polar surface area (TPSA) is 152 Å². The molecule has 0 bridgehead atoms. The number of anilines is 2. The SMILES string of the molecule is NCCOc1cccc2c1Nc1nc(=O)n([C@@H]3O[C@H](CO)C(O)C3O)cc1S2. The summed E-state index contributed by atoms with van der Waals surface area (Å²) in [6, 6.07) is 5.54. The Morgan fingerprint density at radius 1 is 1.32 bits per heavy atom. The number of hydrogen-bond acceptors (Lipinski definition) is 10. The summed E-state index contributed by atoms with van der Waals surface area (Å²) in [6.07, 6.45) is -3.26. The van der Waals surface area contributed by atoms with E-state index >= 15 is 0 Å². The zero-order valence-corrected chi connectivity index (χ0v) is 15.5. The Labute approximate surface area is 163 Å². The van der Waals surface area contributed by atoms with Crippen LogP contribution in [-0.4, -0.2) is 62.9 Å². The summed E-state index contributed by atoms with van der Waals surface area (Å²) < 4.78 is 12.2. The van der Waals surface area contributed by atoms with Crippen LogP contribution in [-0.2, 0) is 4.74 Å². The maximum atomic E-state index is 12.5. The molecule has 2 aliphatic heterocycles. The molecule has 2 unspecified atom stereocenters. The minimum Gasteiger partial charge on any atom is -0.490 e. The molecule has 0 aliphatic carbocycles. The van der Waals surface area contributed by atoms with E-state index in [0.717, 1.165) is 9.46 Å². The van der Waals surface area contributed by atoms with Crippen LogP contribution in [0.5, 0.6) is 5.75 Å². The number of aromatic nitrogens is 2. The van der Waals surface area contributed by atoms with Crippen molar-refractivity contribution in [3.63, 3.8) is 0 Å². The summed E-state index contributed by atoms with van der Waals surface area (Å²) in [6.45, 7) is 0.258. The average Bonchev–Trinajstić information content (AvgIpc) is 2.98. The molecule has 4 atom stereocenters. The highest BCUT2D eigenvalue weighted by molar-refractivity contribution is 7.99. The standard InChI is InChI=1S/C17H20N4O6S/c18-4-5-26-8-2-1-3-10-12(8)19-15-11(28-10)6-21(17(25)20-15)16-14(24)13(23)9(7-22)27-16/h1-3,6,9,13-14,16,22-24H,4-5,7,18H2,(H,19,20,25)/t9-,13?,14?,16-/m1/s1. The zero-order valence-electron chi connectivity index (χ0n) is 14.7. The van der Waals surface area contributed by atoms with Crippen LogP contribution in [0.4, 0.5) is 11.5 Å². The van der Waals surface area contributed by atoms with Crippen LogP contribution in [0.1, 0.15) is 6.23 Å². The van der Waals surface area contributed by atoms with Crippen molar-refractivity contribution in [2.45, 2.75) is 34.3 Å². The number of aliphatic hydroxyl groups is 3. The number of benzene rings is 1. The lowest BCUT2D eigenvalue weighted by molar-refractivity contribution is -0.0552. The molecule has 1 saturated heterocycles. The lowest BCUT2D eigenvalue weighted by Crippen LogP contribution is -2.36. The van der Waals surface area contributed by atoms with Crippen molar-refractivity contribution in [3.05, 3.63) is 34.9 Å². The van der Waals surface area contributed by atoms with Gasteiger partial charge in [0.15, 0.2) is 12.0 Å². The van der Waals surface area contributed by atoms with Crippen molar-refractivity contribution in [2.75, 3.05) is 25.1 Å². The van der Waals surface area contributed by atoms with E-state index in [1.807, 2.05) is 12.1 Å². The van der Waals surface area contributed by atoms with Crippen LogP contribution in [0.25, 0.3) is 0 Å². The van der Waals surface area contributed by atoms with Gasteiger partial charge in [-0.3, -0.25) is 4.57 Å². The van der Waals surface area contributed by atoms with Crippen molar-refractivity contribution in [3.8, 4) is 5.75 Å². The molecule has 28 heavy (non-hydrogen) atoms. The number of nitrogens with one attached hydrogen (secondary N) is 1. The molecule has 0 spiro atoms. The minimum atomic E-state index is -1.36. The highest BCUT2D eigenvalue weighted by Gasteiger charge is 2.44. The number of nitrogens with two attached hydrogens (primary N) is 1. The molecule has 10 nitrogen and oxygen atoms in total. The quantitative estimate of drug-likeness (QED) is 0.370. The number of nitrogens with zero attached hydrogens (tertiary/aromatic N) is 2. The van der Waals surface area contributed by atoms with Gasteiger partial charge in [-0.25, -0.2) is 4.79 Å². The Hall–Kier alpha value is -2.15. The predicted molar refractivity (Wildman–Crippen MR) is 99.9 cm³/mol. The Balaban J connectivity index is 1.67. The molecule has 150 valence electrons. The van der Waals surface area contributed by atoms with Gasteiger partial charge < -0.3 is 35.8 Å². The number of hydrogen-bond donors (Lipinski definition) is 5. The second-order valence-electron chi connectivity index (χ2n) is 6.37. The second-order valence-corrected chi connectivity index (χ2v) is 7.45. The molecule has 6 N–H and O–H groups in total. The third-order valence-corrected chi connectivity index (χ3v) is 5.61. The maximum absolute atomic E-state index is 12.5. The largest absolute Gasteiger partial charge is 0.490 e. The first-order chi connectivity index (χ1) is 13.5. The molecule has 11 heteroatoms.